The van der Waals surface area contributed by atoms with Crippen molar-refractivity contribution in [1.82, 2.24) is 20.0 Å². The van der Waals surface area contributed by atoms with E-state index in [1.165, 1.54) is 0 Å². The van der Waals surface area contributed by atoms with E-state index in [2.05, 4.69) is 29.1 Å². The zero-order chi connectivity index (χ0) is 12.3. The Morgan fingerprint density at radius 2 is 2.18 bits per heavy atom. The molecule has 0 spiro atoms. The molecular formula is C12H18N4O. The molecule has 0 aliphatic rings. The zero-order valence-corrected chi connectivity index (χ0v) is 10.6. The molecule has 0 fully saturated rings. The molecule has 2 rings (SSSR count). The van der Waals surface area contributed by atoms with Gasteiger partial charge in [-0.15, -0.1) is 10.2 Å². The highest BCUT2D eigenvalue weighted by Gasteiger charge is 2.17. The van der Waals surface area contributed by atoms with Gasteiger partial charge in [0.05, 0.1) is 0 Å². The molecule has 17 heavy (non-hydrogen) atoms. The fourth-order valence-corrected chi connectivity index (χ4v) is 1.88. The van der Waals surface area contributed by atoms with E-state index in [1.807, 2.05) is 19.3 Å². The second kappa shape index (κ2) is 5.12. The maximum Gasteiger partial charge on any atom is 0.268 e. The van der Waals surface area contributed by atoms with Gasteiger partial charge in [0.15, 0.2) is 0 Å². The summed E-state index contributed by atoms with van der Waals surface area (Å²) >= 11 is 0. The molecule has 2 aromatic rings. The summed E-state index contributed by atoms with van der Waals surface area (Å²) in [4.78, 5) is 0. The molecule has 0 radical (unpaired) electrons. The molecule has 2 heterocycles. The fourth-order valence-electron chi connectivity index (χ4n) is 1.88. The third kappa shape index (κ3) is 2.54. The van der Waals surface area contributed by atoms with Crippen molar-refractivity contribution in [3.63, 3.8) is 0 Å². The van der Waals surface area contributed by atoms with Gasteiger partial charge in [-0.2, -0.15) is 5.10 Å². The van der Waals surface area contributed by atoms with Gasteiger partial charge in [0.25, 0.3) is 5.89 Å². The van der Waals surface area contributed by atoms with Crippen molar-refractivity contribution in [2.24, 2.45) is 7.05 Å². The highest BCUT2D eigenvalue weighted by atomic mass is 16.4. The first-order chi connectivity index (χ1) is 8.24. The Labute approximate surface area is 101 Å². The lowest BCUT2D eigenvalue weighted by molar-refractivity contribution is 0.427. The third-order valence-electron chi connectivity index (χ3n) is 2.85. The Hall–Kier alpha value is -1.65. The number of aromatic nitrogens is 4. The van der Waals surface area contributed by atoms with Gasteiger partial charge in [-0.3, -0.25) is 4.68 Å². The van der Waals surface area contributed by atoms with E-state index in [-0.39, 0.29) is 0 Å². The van der Waals surface area contributed by atoms with Gasteiger partial charge in [-0.05, 0) is 18.9 Å². The summed E-state index contributed by atoms with van der Waals surface area (Å²) in [7, 11) is 1.87. The van der Waals surface area contributed by atoms with E-state index >= 15 is 0 Å². The van der Waals surface area contributed by atoms with Crippen LogP contribution in [0, 0.1) is 0 Å². The summed E-state index contributed by atoms with van der Waals surface area (Å²) in [6, 6.07) is 1.87. The second-order valence-corrected chi connectivity index (χ2v) is 4.21. The predicted octanol–water partition coefficient (Wildman–Crippen LogP) is 2.76. The van der Waals surface area contributed by atoms with E-state index in [0.717, 1.165) is 30.8 Å². The van der Waals surface area contributed by atoms with Crippen LogP contribution in [-0.4, -0.2) is 20.0 Å². The fraction of sp³-hybridized carbons (Fsp3) is 0.583. The van der Waals surface area contributed by atoms with Crippen LogP contribution in [0.5, 0.6) is 0 Å². The largest absolute Gasteiger partial charge is 0.419 e. The lowest BCUT2D eigenvalue weighted by atomic mass is 10.0. The molecule has 1 unspecified atom stereocenters. The standard InChI is InChI=1S/C12H18N4O/c1-4-6-9(5-2)11-13-14-12(17-11)10-7-8-16(3)15-10/h7-9H,4-6H2,1-3H3. The monoisotopic (exact) mass is 234 g/mol. The van der Waals surface area contributed by atoms with Crippen molar-refractivity contribution in [3.8, 4) is 11.6 Å². The minimum Gasteiger partial charge on any atom is -0.419 e. The first-order valence-electron chi connectivity index (χ1n) is 6.08. The molecule has 0 N–H and O–H groups in total. The van der Waals surface area contributed by atoms with Gasteiger partial charge in [-0.1, -0.05) is 20.3 Å². The maximum atomic E-state index is 5.69. The van der Waals surface area contributed by atoms with Gasteiger partial charge < -0.3 is 4.42 Å². The van der Waals surface area contributed by atoms with Crippen molar-refractivity contribution in [2.45, 2.75) is 39.0 Å². The molecular weight excluding hydrogens is 216 g/mol. The Bertz CT molecular complexity index is 474. The average molecular weight is 234 g/mol. The Kier molecular flexibility index (Phi) is 3.56. The van der Waals surface area contributed by atoms with Crippen LogP contribution in [0.3, 0.4) is 0 Å². The highest BCUT2D eigenvalue weighted by molar-refractivity contribution is 5.44. The highest BCUT2D eigenvalue weighted by Crippen LogP contribution is 2.25. The SMILES string of the molecule is CCCC(CC)c1nnc(-c2ccn(C)n2)o1. The second-order valence-electron chi connectivity index (χ2n) is 4.21. The molecule has 0 bridgehead atoms. The molecule has 0 amide bonds. The summed E-state index contributed by atoms with van der Waals surface area (Å²) in [5, 5.41) is 12.4. The van der Waals surface area contributed by atoms with E-state index < -0.39 is 0 Å². The maximum absolute atomic E-state index is 5.69. The van der Waals surface area contributed by atoms with Crippen LogP contribution >= 0.6 is 0 Å². The molecule has 5 heteroatoms. The first kappa shape index (κ1) is 11.8. The number of nitrogens with zero attached hydrogens (tertiary/aromatic N) is 4. The van der Waals surface area contributed by atoms with Crippen LogP contribution in [0.2, 0.25) is 0 Å². The first-order valence-corrected chi connectivity index (χ1v) is 6.08. The van der Waals surface area contributed by atoms with E-state index in [1.54, 1.807) is 4.68 Å². The van der Waals surface area contributed by atoms with Gasteiger partial charge in [-0.25, -0.2) is 0 Å². The lowest BCUT2D eigenvalue weighted by Gasteiger charge is -2.07. The molecule has 0 aromatic carbocycles. The van der Waals surface area contributed by atoms with E-state index in [9.17, 15) is 0 Å². The predicted molar refractivity (Wildman–Crippen MR) is 64.4 cm³/mol. The van der Waals surface area contributed by atoms with Crippen molar-refractivity contribution in [1.29, 1.82) is 0 Å². The summed E-state index contributed by atoms with van der Waals surface area (Å²) in [5.41, 5.74) is 0.734. The number of hydrogen-bond acceptors (Lipinski definition) is 4. The molecule has 2 aromatic heterocycles. The van der Waals surface area contributed by atoms with Gasteiger partial charge in [0.1, 0.15) is 5.69 Å². The summed E-state index contributed by atoms with van der Waals surface area (Å²) in [6.45, 7) is 4.31. The Balaban J connectivity index is 2.20. The topological polar surface area (TPSA) is 56.7 Å². The van der Waals surface area contributed by atoms with Crippen LogP contribution in [-0.2, 0) is 7.05 Å². The summed E-state index contributed by atoms with van der Waals surface area (Å²) < 4.78 is 7.42. The van der Waals surface area contributed by atoms with E-state index in [4.69, 9.17) is 4.42 Å². The molecule has 0 aliphatic heterocycles. The van der Waals surface area contributed by atoms with Crippen LogP contribution in [0.4, 0.5) is 0 Å². The minimum atomic E-state index is 0.366. The smallest absolute Gasteiger partial charge is 0.268 e. The molecule has 5 nitrogen and oxygen atoms in total. The Morgan fingerprint density at radius 1 is 1.35 bits per heavy atom. The van der Waals surface area contributed by atoms with Crippen molar-refractivity contribution < 1.29 is 4.42 Å². The van der Waals surface area contributed by atoms with Crippen molar-refractivity contribution >= 4 is 0 Å². The summed E-state index contributed by atoms with van der Waals surface area (Å²) in [5.74, 6) is 1.61. The van der Waals surface area contributed by atoms with Crippen molar-refractivity contribution in [2.75, 3.05) is 0 Å². The molecule has 0 saturated carbocycles. The van der Waals surface area contributed by atoms with Crippen molar-refractivity contribution in [3.05, 3.63) is 18.2 Å². The Morgan fingerprint density at radius 3 is 2.76 bits per heavy atom. The minimum absolute atomic E-state index is 0.366. The average Bonchev–Trinajstić information content (AvgIpc) is 2.94. The number of rotatable bonds is 5. The quantitative estimate of drug-likeness (QED) is 0.798. The normalized spacial score (nSPS) is 12.9. The van der Waals surface area contributed by atoms with Gasteiger partial charge in [0.2, 0.25) is 5.89 Å². The third-order valence-corrected chi connectivity index (χ3v) is 2.85. The molecule has 1 atom stereocenters. The summed E-state index contributed by atoms with van der Waals surface area (Å²) in [6.07, 6.45) is 5.10. The number of aryl methyl sites for hydroxylation is 1. The zero-order valence-electron chi connectivity index (χ0n) is 10.6. The number of hydrogen-bond donors (Lipinski definition) is 0. The van der Waals surface area contributed by atoms with E-state index in [0.29, 0.717) is 11.8 Å². The molecule has 0 aliphatic carbocycles. The lowest BCUT2D eigenvalue weighted by Crippen LogP contribution is -1.96. The van der Waals surface area contributed by atoms with Crippen LogP contribution in [0.25, 0.3) is 11.6 Å². The molecule has 92 valence electrons. The van der Waals surface area contributed by atoms with Crippen LogP contribution in [0.1, 0.15) is 44.9 Å². The van der Waals surface area contributed by atoms with Crippen LogP contribution in [0.15, 0.2) is 16.7 Å². The van der Waals surface area contributed by atoms with Crippen LogP contribution < -0.4 is 0 Å². The van der Waals surface area contributed by atoms with Gasteiger partial charge in [0, 0.05) is 19.2 Å². The van der Waals surface area contributed by atoms with Gasteiger partial charge >= 0.3 is 0 Å². The molecule has 0 saturated heterocycles.